The molecule has 1 aromatic heterocycles. The van der Waals surface area contributed by atoms with Crippen LogP contribution in [0, 0.1) is 0 Å². The number of benzene rings is 1. The SMILES string of the molecule is C=CCNC(=O)CN(C)[C@@H](C)c1cc(-c2ccccc2)n[nH]1. The van der Waals surface area contributed by atoms with Crippen LogP contribution in [0.4, 0.5) is 0 Å². The van der Waals surface area contributed by atoms with Crippen molar-refractivity contribution in [1.82, 2.24) is 20.4 Å². The predicted octanol–water partition coefficient (Wildman–Crippen LogP) is 2.37. The van der Waals surface area contributed by atoms with Crippen molar-refractivity contribution in [1.29, 1.82) is 0 Å². The fourth-order valence-corrected chi connectivity index (χ4v) is 2.15. The minimum atomic E-state index is -0.0166. The number of hydrogen-bond acceptors (Lipinski definition) is 3. The van der Waals surface area contributed by atoms with Crippen LogP contribution >= 0.6 is 0 Å². The summed E-state index contributed by atoms with van der Waals surface area (Å²) < 4.78 is 0. The molecule has 1 heterocycles. The minimum Gasteiger partial charge on any atom is -0.352 e. The number of hydrogen-bond donors (Lipinski definition) is 2. The van der Waals surface area contributed by atoms with Gasteiger partial charge in [0.1, 0.15) is 0 Å². The van der Waals surface area contributed by atoms with Gasteiger partial charge >= 0.3 is 0 Å². The maximum Gasteiger partial charge on any atom is 0.234 e. The van der Waals surface area contributed by atoms with E-state index in [1.54, 1.807) is 6.08 Å². The number of carbonyl (C=O) groups excluding carboxylic acids is 1. The molecule has 0 aliphatic rings. The highest BCUT2D eigenvalue weighted by Crippen LogP contribution is 2.22. The number of aromatic nitrogens is 2. The Morgan fingerprint density at radius 3 is 2.86 bits per heavy atom. The lowest BCUT2D eigenvalue weighted by Gasteiger charge is -2.22. The van der Waals surface area contributed by atoms with Gasteiger partial charge in [-0.2, -0.15) is 5.10 Å². The summed E-state index contributed by atoms with van der Waals surface area (Å²) in [7, 11) is 1.92. The van der Waals surface area contributed by atoms with Gasteiger partial charge in [0.2, 0.25) is 5.91 Å². The van der Waals surface area contributed by atoms with Crippen molar-refractivity contribution < 1.29 is 4.79 Å². The highest BCUT2D eigenvalue weighted by molar-refractivity contribution is 5.78. The first-order valence-corrected chi connectivity index (χ1v) is 7.30. The Morgan fingerprint density at radius 2 is 2.18 bits per heavy atom. The zero-order valence-electron chi connectivity index (χ0n) is 13.0. The second-order valence-corrected chi connectivity index (χ2v) is 5.26. The summed E-state index contributed by atoms with van der Waals surface area (Å²) in [5.74, 6) is -0.0166. The second-order valence-electron chi connectivity index (χ2n) is 5.26. The van der Waals surface area contributed by atoms with Gasteiger partial charge in [-0.3, -0.25) is 14.8 Å². The summed E-state index contributed by atoms with van der Waals surface area (Å²) in [4.78, 5) is 13.7. The van der Waals surface area contributed by atoms with Gasteiger partial charge < -0.3 is 5.32 Å². The van der Waals surface area contributed by atoms with E-state index in [0.717, 1.165) is 17.0 Å². The van der Waals surface area contributed by atoms with Gasteiger partial charge in [0.15, 0.2) is 0 Å². The molecular weight excluding hydrogens is 276 g/mol. The average molecular weight is 298 g/mol. The Kier molecular flexibility index (Phi) is 5.49. The van der Waals surface area contributed by atoms with E-state index in [9.17, 15) is 4.79 Å². The number of likely N-dealkylation sites (N-methyl/N-ethyl adjacent to an activating group) is 1. The monoisotopic (exact) mass is 298 g/mol. The molecule has 5 heteroatoms. The highest BCUT2D eigenvalue weighted by atomic mass is 16.2. The van der Waals surface area contributed by atoms with E-state index in [1.807, 2.05) is 55.3 Å². The number of H-pyrrole nitrogens is 1. The molecule has 2 rings (SSSR count). The first-order valence-electron chi connectivity index (χ1n) is 7.30. The standard InChI is InChI=1S/C17H22N4O/c1-4-10-18-17(22)12-21(3)13(2)15-11-16(20-19-15)14-8-6-5-7-9-14/h4-9,11,13H,1,10,12H2,2-3H3,(H,18,22)(H,19,20)/t13-/m0/s1. The zero-order valence-corrected chi connectivity index (χ0v) is 13.0. The van der Waals surface area contributed by atoms with Gasteiger partial charge in [-0.05, 0) is 20.0 Å². The molecular formula is C17H22N4O. The third-order valence-corrected chi connectivity index (χ3v) is 3.62. The molecule has 0 unspecified atom stereocenters. The number of carbonyl (C=O) groups is 1. The van der Waals surface area contributed by atoms with E-state index < -0.39 is 0 Å². The molecule has 0 spiro atoms. The van der Waals surface area contributed by atoms with Gasteiger partial charge in [0, 0.05) is 18.2 Å². The number of nitrogens with zero attached hydrogens (tertiary/aromatic N) is 2. The van der Waals surface area contributed by atoms with E-state index in [4.69, 9.17) is 0 Å². The Hall–Kier alpha value is -2.40. The van der Waals surface area contributed by atoms with Gasteiger partial charge in [-0.25, -0.2) is 0 Å². The summed E-state index contributed by atoms with van der Waals surface area (Å²) in [6.07, 6.45) is 1.67. The molecule has 2 aromatic rings. The molecule has 1 amide bonds. The van der Waals surface area contributed by atoms with Crippen molar-refractivity contribution in [3.63, 3.8) is 0 Å². The largest absolute Gasteiger partial charge is 0.352 e. The molecule has 2 N–H and O–H groups in total. The van der Waals surface area contributed by atoms with Crippen LogP contribution in [0.1, 0.15) is 18.7 Å². The molecule has 0 bridgehead atoms. The molecule has 0 fully saturated rings. The zero-order chi connectivity index (χ0) is 15.9. The summed E-state index contributed by atoms with van der Waals surface area (Å²) >= 11 is 0. The number of rotatable bonds is 7. The molecule has 1 atom stereocenters. The molecule has 0 saturated heterocycles. The maximum absolute atomic E-state index is 11.7. The van der Waals surface area contributed by atoms with E-state index in [2.05, 4.69) is 22.1 Å². The van der Waals surface area contributed by atoms with Crippen molar-refractivity contribution in [2.75, 3.05) is 20.1 Å². The van der Waals surface area contributed by atoms with Crippen LogP contribution in [0.15, 0.2) is 49.1 Å². The van der Waals surface area contributed by atoms with E-state index in [0.29, 0.717) is 13.1 Å². The molecule has 0 radical (unpaired) electrons. The Morgan fingerprint density at radius 1 is 1.45 bits per heavy atom. The van der Waals surface area contributed by atoms with Crippen molar-refractivity contribution in [2.45, 2.75) is 13.0 Å². The molecule has 0 aliphatic carbocycles. The fraction of sp³-hybridized carbons (Fsp3) is 0.294. The predicted molar refractivity (Wildman–Crippen MR) is 88.3 cm³/mol. The molecule has 5 nitrogen and oxygen atoms in total. The van der Waals surface area contributed by atoms with Crippen molar-refractivity contribution in [3.8, 4) is 11.3 Å². The first kappa shape index (κ1) is 16.0. The van der Waals surface area contributed by atoms with Crippen LogP contribution < -0.4 is 5.32 Å². The Bertz CT molecular complexity index is 621. The lowest BCUT2D eigenvalue weighted by Crippen LogP contribution is -2.36. The highest BCUT2D eigenvalue weighted by Gasteiger charge is 2.17. The normalized spacial score (nSPS) is 12.1. The quantitative estimate of drug-likeness (QED) is 0.772. The lowest BCUT2D eigenvalue weighted by atomic mass is 10.1. The van der Waals surface area contributed by atoms with Gasteiger partial charge in [0.25, 0.3) is 0 Å². The fourth-order valence-electron chi connectivity index (χ4n) is 2.15. The van der Waals surface area contributed by atoms with Gasteiger partial charge in [-0.1, -0.05) is 36.4 Å². The summed E-state index contributed by atoms with van der Waals surface area (Å²) in [5.41, 5.74) is 2.97. The molecule has 0 aliphatic heterocycles. The maximum atomic E-state index is 11.7. The Balaban J connectivity index is 2.00. The van der Waals surface area contributed by atoms with E-state index in [-0.39, 0.29) is 11.9 Å². The summed E-state index contributed by atoms with van der Waals surface area (Å²) in [6.45, 7) is 6.45. The van der Waals surface area contributed by atoms with Crippen LogP contribution in [-0.2, 0) is 4.79 Å². The molecule has 22 heavy (non-hydrogen) atoms. The van der Waals surface area contributed by atoms with Crippen molar-refractivity contribution >= 4 is 5.91 Å². The minimum absolute atomic E-state index is 0.0166. The van der Waals surface area contributed by atoms with Crippen LogP contribution in [0.3, 0.4) is 0 Å². The topological polar surface area (TPSA) is 61.0 Å². The third-order valence-electron chi connectivity index (χ3n) is 3.62. The van der Waals surface area contributed by atoms with E-state index >= 15 is 0 Å². The lowest BCUT2D eigenvalue weighted by molar-refractivity contribution is -0.122. The first-order chi connectivity index (χ1) is 10.6. The van der Waals surface area contributed by atoms with Gasteiger partial charge in [0.05, 0.1) is 17.9 Å². The van der Waals surface area contributed by atoms with E-state index in [1.165, 1.54) is 0 Å². The summed E-state index contributed by atoms with van der Waals surface area (Å²) in [6, 6.07) is 12.1. The smallest absolute Gasteiger partial charge is 0.234 e. The van der Waals surface area contributed by atoms with Crippen LogP contribution in [0.2, 0.25) is 0 Å². The van der Waals surface area contributed by atoms with Crippen LogP contribution in [-0.4, -0.2) is 41.1 Å². The second kappa shape index (κ2) is 7.56. The third kappa shape index (κ3) is 4.05. The molecule has 1 aromatic carbocycles. The van der Waals surface area contributed by atoms with Crippen LogP contribution in [0.5, 0.6) is 0 Å². The van der Waals surface area contributed by atoms with Crippen LogP contribution in [0.25, 0.3) is 11.3 Å². The average Bonchev–Trinajstić information content (AvgIpc) is 3.03. The molecule has 0 saturated carbocycles. The van der Waals surface area contributed by atoms with Crippen molar-refractivity contribution in [3.05, 3.63) is 54.7 Å². The molecule has 116 valence electrons. The summed E-state index contributed by atoms with van der Waals surface area (Å²) in [5, 5.41) is 10.2. The Labute approximate surface area is 131 Å². The van der Waals surface area contributed by atoms with Crippen molar-refractivity contribution in [2.24, 2.45) is 0 Å². The number of amides is 1. The van der Waals surface area contributed by atoms with Gasteiger partial charge in [-0.15, -0.1) is 6.58 Å². The number of nitrogens with one attached hydrogen (secondary N) is 2. The number of aromatic amines is 1.